The largest absolute Gasteiger partial charge is 0.478 e. The Morgan fingerprint density at radius 1 is 1.47 bits per heavy atom. The van der Waals surface area contributed by atoms with E-state index >= 15 is 0 Å². The minimum atomic E-state index is -0.878. The Balaban J connectivity index is 3.03. The highest BCUT2D eigenvalue weighted by Crippen LogP contribution is 2.18. The molecule has 0 saturated heterocycles. The molecular weight excluding hydrogens is 190 g/mol. The fraction of sp³-hybridized carbons (Fsp3) is 0.417. The van der Waals surface area contributed by atoms with Crippen LogP contribution in [0.15, 0.2) is 24.3 Å². The van der Waals surface area contributed by atoms with Gasteiger partial charge in [-0.05, 0) is 39.0 Å². The normalized spacial score (nSPS) is 10.4. The van der Waals surface area contributed by atoms with Crippen LogP contribution in [0.3, 0.4) is 0 Å². The molecule has 0 aliphatic heterocycles. The molecule has 0 fully saturated rings. The summed E-state index contributed by atoms with van der Waals surface area (Å²) in [5.74, 6) is -0.878. The molecular formula is C12H17NO2. The molecule has 1 N–H and O–H groups in total. The molecule has 0 unspecified atom stereocenters. The number of hydrogen-bond acceptors (Lipinski definition) is 2. The minimum Gasteiger partial charge on any atom is -0.478 e. The molecule has 3 heteroatoms. The van der Waals surface area contributed by atoms with Gasteiger partial charge in [-0.3, -0.25) is 0 Å². The van der Waals surface area contributed by atoms with Crippen LogP contribution in [-0.2, 0) is 0 Å². The number of benzene rings is 1. The average Bonchev–Trinajstić information content (AvgIpc) is 2.18. The number of anilines is 1. The van der Waals surface area contributed by atoms with E-state index in [2.05, 4.69) is 25.7 Å². The zero-order chi connectivity index (χ0) is 11.4. The topological polar surface area (TPSA) is 40.5 Å². The average molecular weight is 207 g/mol. The van der Waals surface area contributed by atoms with Crippen LogP contribution < -0.4 is 4.90 Å². The van der Waals surface area contributed by atoms with E-state index in [1.165, 1.54) is 0 Å². The van der Waals surface area contributed by atoms with Gasteiger partial charge in [0, 0.05) is 18.3 Å². The highest BCUT2D eigenvalue weighted by Gasteiger charge is 2.10. The van der Waals surface area contributed by atoms with E-state index < -0.39 is 5.97 Å². The first kappa shape index (κ1) is 11.6. The summed E-state index contributed by atoms with van der Waals surface area (Å²) in [7, 11) is 0. The number of carboxylic acid groups (broad SMARTS) is 1. The number of nitrogens with zero attached hydrogens (tertiary/aromatic N) is 1. The molecule has 0 spiro atoms. The zero-order valence-electron chi connectivity index (χ0n) is 9.40. The van der Waals surface area contributed by atoms with Crippen LogP contribution in [-0.4, -0.2) is 23.7 Å². The Labute approximate surface area is 90.3 Å². The van der Waals surface area contributed by atoms with Crippen LogP contribution in [0.2, 0.25) is 0 Å². The van der Waals surface area contributed by atoms with Crippen molar-refractivity contribution in [2.24, 2.45) is 0 Å². The van der Waals surface area contributed by atoms with Gasteiger partial charge >= 0.3 is 5.97 Å². The van der Waals surface area contributed by atoms with E-state index in [0.29, 0.717) is 11.6 Å². The Bertz CT molecular complexity index is 347. The van der Waals surface area contributed by atoms with Crippen LogP contribution in [0.5, 0.6) is 0 Å². The second-order valence-corrected chi connectivity index (χ2v) is 3.74. The van der Waals surface area contributed by atoms with Gasteiger partial charge in [0.25, 0.3) is 0 Å². The van der Waals surface area contributed by atoms with Crippen LogP contribution in [0, 0.1) is 0 Å². The number of rotatable bonds is 4. The zero-order valence-corrected chi connectivity index (χ0v) is 9.40. The second-order valence-electron chi connectivity index (χ2n) is 3.74. The van der Waals surface area contributed by atoms with E-state index in [-0.39, 0.29) is 0 Å². The number of aromatic carboxylic acids is 1. The first-order valence-corrected chi connectivity index (χ1v) is 5.16. The Hall–Kier alpha value is -1.51. The van der Waals surface area contributed by atoms with Crippen molar-refractivity contribution < 1.29 is 9.90 Å². The molecule has 3 nitrogen and oxygen atoms in total. The Morgan fingerprint density at radius 3 is 2.60 bits per heavy atom. The smallest absolute Gasteiger partial charge is 0.335 e. The van der Waals surface area contributed by atoms with Crippen LogP contribution >= 0.6 is 0 Å². The van der Waals surface area contributed by atoms with Crippen molar-refractivity contribution in [2.45, 2.75) is 26.8 Å². The predicted octanol–water partition coefficient (Wildman–Crippen LogP) is 2.62. The van der Waals surface area contributed by atoms with Gasteiger partial charge in [0.2, 0.25) is 0 Å². The minimum absolute atomic E-state index is 0.339. The van der Waals surface area contributed by atoms with Crippen molar-refractivity contribution >= 4 is 11.7 Å². The summed E-state index contributed by atoms with van der Waals surface area (Å²) < 4.78 is 0. The number of hydrogen-bond donors (Lipinski definition) is 1. The number of carbonyl (C=O) groups is 1. The molecule has 0 bridgehead atoms. The third-order valence-electron chi connectivity index (χ3n) is 2.39. The summed E-state index contributed by atoms with van der Waals surface area (Å²) in [6, 6.07) is 7.42. The summed E-state index contributed by atoms with van der Waals surface area (Å²) >= 11 is 0. The maximum absolute atomic E-state index is 10.8. The lowest BCUT2D eigenvalue weighted by Gasteiger charge is -2.27. The van der Waals surface area contributed by atoms with Crippen molar-refractivity contribution in [3.05, 3.63) is 29.8 Å². The molecule has 1 aromatic rings. The molecule has 0 aromatic heterocycles. The standard InChI is InChI=1S/C12H17NO2/c1-4-13(9(2)3)11-7-5-6-10(8-11)12(14)15/h5-9H,4H2,1-3H3,(H,14,15). The van der Waals surface area contributed by atoms with Crippen molar-refractivity contribution in [1.82, 2.24) is 0 Å². The van der Waals surface area contributed by atoms with Gasteiger partial charge in [-0.1, -0.05) is 6.07 Å². The van der Waals surface area contributed by atoms with Crippen LogP contribution in [0.25, 0.3) is 0 Å². The first-order chi connectivity index (χ1) is 7.06. The summed E-state index contributed by atoms with van der Waals surface area (Å²) in [4.78, 5) is 13.0. The fourth-order valence-corrected chi connectivity index (χ4v) is 1.66. The van der Waals surface area contributed by atoms with Crippen molar-refractivity contribution in [3.8, 4) is 0 Å². The lowest BCUT2D eigenvalue weighted by atomic mass is 10.1. The van der Waals surface area contributed by atoms with Gasteiger partial charge in [-0.25, -0.2) is 4.79 Å². The van der Waals surface area contributed by atoms with E-state index in [0.717, 1.165) is 12.2 Å². The monoisotopic (exact) mass is 207 g/mol. The molecule has 0 amide bonds. The van der Waals surface area contributed by atoms with Crippen molar-refractivity contribution in [3.63, 3.8) is 0 Å². The van der Waals surface area contributed by atoms with E-state index in [4.69, 9.17) is 5.11 Å². The second kappa shape index (κ2) is 4.82. The van der Waals surface area contributed by atoms with Crippen LogP contribution in [0.1, 0.15) is 31.1 Å². The molecule has 1 aromatic carbocycles. The molecule has 0 atom stereocenters. The highest BCUT2D eigenvalue weighted by molar-refractivity contribution is 5.88. The molecule has 1 rings (SSSR count). The van der Waals surface area contributed by atoms with E-state index in [1.54, 1.807) is 18.2 Å². The Morgan fingerprint density at radius 2 is 2.13 bits per heavy atom. The quantitative estimate of drug-likeness (QED) is 0.825. The molecule has 82 valence electrons. The molecule has 15 heavy (non-hydrogen) atoms. The number of carboxylic acids is 1. The highest BCUT2D eigenvalue weighted by atomic mass is 16.4. The van der Waals surface area contributed by atoms with Crippen molar-refractivity contribution in [1.29, 1.82) is 0 Å². The SMILES string of the molecule is CCN(c1cccc(C(=O)O)c1)C(C)C. The third kappa shape index (κ3) is 2.72. The summed E-state index contributed by atoms with van der Waals surface area (Å²) in [5.41, 5.74) is 1.30. The Kier molecular flexibility index (Phi) is 3.72. The first-order valence-electron chi connectivity index (χ1n) is 5.16. The van der Waals surface area contributed by atoms with Gasteiger partial charge in [-0.15, -0.1) is 0 Å². The van der Waals surface area contributed by atoms with E-state index in [1.807, 2.05) is 6.07 Å². The lowest BCUT2D eigenvalue weighted by Crippen LogP contribution is -2.30. The van der Waals surface area contributed by atoms with Gasteiger partial charge in [-0.2, -0.15) is 0 Å². The van der Waals surface area contributed by atoms with Crippen LogP contribution in [0.4, 0.5) is 5.69 Å². The van der Waals surface area contributed by atoms with Gasteiger partial charge in [0.1, 0.15) is 0 Å². The molecule has 0 aliphatic carbocycles. The van der Waals surface area contributed by atoms with E-state index in [9.17, 15) is 4.79 Å². The van der Waals surface area contributed by atoms with Crippen molar-refractivity contribution in [2.75, 3.05) is 11.4 Å². The molecule has 0 heterocycles. The maximum atomic E-state index is 10.8. The third-order valence-corrected chi connectivity index (χ3v) is 2.39. The fourth-order valence-electron chi connectivity index (χ4n) is 1.66. The summed E-state index contributed by atoms with van der Waals surface area (Å²) in [5, 5.41) is 8.88. The van der Waals surface area contributed by atoms with Gasteiger partial charge in [0.05, 0.1) is 5.56 Å². The summed E-state index contributed by atoms with van der Waals surface area (Å²) in [6.07, 6.45) is 0. The molecule has 0 radical (unpaired) electrons. The summed E-state index contributed by atoms with van der Waals surface area (Å²) in [6.45, 7) is 7.13. The predicted molar refractivity (Wildman–Crippen MR) is 61.6 cm³/mol. The lowest BCUT2D eigenvalue weighted by molar-refractivity contribution is 0.0697. The molecule has 0 saturated carbocycles. The van der Waals surface area contributed by atoms with Gasteiger partial charge < -0.3 is 10.0 Å². The maximum Gasteiger partial charge on any atom is 0.335 e. The van der Waals surface area contributed by atoms with Gasteiger partial charge in [0.15, 0.2) is 0 Å². The molecule has 0 aliphatic rings.